The van der Waals surface area contributed by atoms with Crippen molar-refractivity contribution in [2.45, 2.75) is 29.7 Å². The molecule has 2 aromatic heterocycles. The fourth-order valence-corrected chi connectivity index (χ4v) is 4.25. The first kappa shape index (κ1) is 12.0. The molecule has 2 heterocycles. The van der Waals surface area contributed by atoms with Gasteiger partial charge in [-0.05, 0) is 42.5 Å². The number of aryl methyl sites for hydroxylation is 1. The van der Waals surface area contributed by atoms with E-state index >= 15 is 0 Å². The van der Waals surface area contributed by atoms with E-state index in [-0.39, 0.29) is 0 Å². The van der Waals surface area contributed by atoms with Crippen LogP contribution >= 0.6 is 11.8 Å². The summed E-state index contributed by atoms with van der Waals surface area (Å²) in [4.78, 5) is 4.59. The van der Waals surface area contributed by atoms with E-state index in [1.165, 1.54) is 35.9 Å². The summed E-state index contributed by atoms with van der Waals surface area (Å²) >= 11 is 1.90. The Bertz CT molecular complexity index is 747. The first-order chi connectivity index (χ1) is 9.92. The highest BCUT2D eigenvalue weighted by atomic mass is 32.2. The molecule has 0 spiro atoms. The summed E-state index contributed by atoms with van der Waals surface area (Å²) in [6, 6.07) is 15.1. The molecule has 1 unspecified atom stereocenters. The van der Waals surface area contributed by atoms with Crippen LogP contribution in [-0.4, -0.2) is 9.38 Å². The van der Waals surface area contributed by atoms with E-state index in [1.54, 1.807) is 0 Å². The molecule has 3 aromatic rings. The topological polar surface area (TPSA) is 17.3 Å². The monoisotopic (exact) mass is 280 g/mol. The van der Waals surface area contributed by atoms with Gasteiger partial charge in [-0.1, -0.05) is 42.1 Å². The summed E-state index contributed by atoms with van der Waals surface area (Å²) in [5, 5.41) is 1.63. The molecule has 0 bridgehead atoms. The first-order valence-corrected chi connectivity index (χ1v) is 7.96. The molecule has 100 valence electrons. The van der Waals surface area contributed by atoms with Gasteiger partial charge in [0, 0.05) is 11.4 Å². The number of aromatic nitrogens is 2. The molecule has 1 aliphatic rings. The maximum atomic E-state index is 4.59. The van der Waals surface area contributed by atoms with Crippen molar-refractivity contribution in [2.75, 3.05) is 0 Å². The van der Waals surface area contributed by atoms with Crippen LogP contribution in [0.3, 0.4) is 0 Å². The quantitative estimate of drug-likeness (QED) is 0.687. The summed E-state index contributed by atoms with van der Waals surface area (Å²) in [6.45, 7) is 0. The molecule has 0 saturated heterocycles. The summed E-state index contributed by atoms with van der Waals surface area (Å²) in [5.74, 6) is 0. The van der Waals surface area contributed by atoms with Gasteiger partial charge in [0.15, 0.2) is 5.16 Å². The smallest absolute Gasteiger partial charge is 0.173 e. The lowest BCUT2D eigenvalue weighted by atomic mass is 9.91. The van der Waals surface area contributed by atoms with Crippen molar-refractivity contribution in [2.24, 2.45) is 0 Å². The fraction of sp³-hybridized carbons (Fsp3) is 0.235. The average Bonchev–Trinajstić information content (AvgIpc) is 2.91. The average molecular weight is 280 g/mol. The molecule has 3 heteroatoms. The highest BCUT2D eigenvalue weighted by molar-refractivity contribution is 7.99. The van der Waals surface area contributed by atoms with Crippen molar-refractivity contribution >= 4 is 17.3 Å². The second-order valence-electron chi connectivity index (χ2n) is 5.23. The highest BCUT2D eigenvalue weighted by Crippen LogP contribution is 2.42. The summed E-state index contributed by atoms with van der Waals surface area (Å²) in [7, 11) is 0. The zero-order valence-electron chi connectivity index (χ0n) is 11.2. The number of hydrogen-bond donors (Lipinski definition) is 0. The van der Waals surface area contributed by atoms with Crippen molar-refractivity contribution in [3.8, 4) is 0 Å². The van der Waals surface area contributed by atoms with Crippen LogP contribution in [0.5, 0.6) is 0 Å². The molecular weight excluding hydrogens is 264 g/mol. The number of fused-ring (bicyclic) bond motifs is 2. The number of benzene rings is 1. The molecular formula is C17H16N2S. The molecule has 1 aromatic carbocycles. The predicted molar refractivity (Wildman–Crippen MR) is 83.2 cm³/mol. The Morgan fingerprint density at radius 1 is 1.10 bits per heavy atom. The Morgan fingerprint density at radius 2 is 2.00 bits per heavy atom. The summed E-state index contributed by atoms with van der Waals surface area (Å²) in [6.07, 6.45) is 7.79. The van der Waals surface area contributed by atoms with Crippen LogP contribution < -0.4 is 0 Å². The number of pyridine rings is 1. The lowest BCUT2D eigenvalue weighted by molar-refractivity contribution is 0.671. The minimum absolute atomic E-state index is 0.533. The van der Waals surface area contributed by atoms with Crippen LogP contribution in [0.4, 0.5) is 0 Å². The van der Waals surface area contributed by atoms with Gasteiger partial charge < -0.3 is 0 Å². The minimum Gasteiger partial charge on any atom is -0.295 e. The molecule has 0 amide bonds. The lowest BCUT2D eigenvalue weighted by Crippen LogP contribution is -2.07. The Labute approximate surface area is 122 Å². The van der Waals surface area contributed by atoms with E-state index in [0.29, 0.717) is 5.25 Å². The van der Waals surface area contributed by atoms with Gasteiger partial charge in [-0.15, -0.1) is 0 Å². The molecule has 2 nitrogen and oxygen atoms in total. The largest absolute Gasteiger partial charge is 0.295 e. The van der Waals surface area contributed by atoms with Crippen LogP contribution in [-0.2, 0) is 6.42 Å². The van der Waals surface area contributed by atoms with Crippen LogP contribution in [0, 0.1) is 0 Å². The summed E-state index contributed by atoms with van der Waals surface area (Å²) < 4.78 is 2.18. The predicted octanol–water partition coefficient (Wildman–Crippen LogP) is 4.50. The number of rotatable bonds is 2. The molecule has 1 aliphatic carbocycles. The van der Waals surface area contributed by atoms with Gasteiger partial charge in [-0.3, -0.25) is 4.40 Å². The van der Waals surface area contributed by atoms with E-state index < -0.39 is 0 Å². The molecule has 0 radical (unpaired) electrons. The van der Waals surface area contributed by atoms with Crippen LogP contribution in [0.25, 0.3) is 5.52 Å². The van der Waals surface area contributed by atoms with Gasteiger partial charge in [0.1, 0.15) is 0 Å². The van der Waals surface area contributed by atoms with Crippen molar-refractivity contribution in [1.29, 1.82) is 0 Å². The zero-order chi connectivity index (χ0) is 13.4. The second-order valence-corrected chi connectivity index (χ2v) is 6.40. The van der Waals surface area contributed by atoms with Crippen LogP contribution in [0.1, 0.15) is 29.2 Å². The highest BCUT2D eigenvalue weighted by Gasteiger charge is 2.22. The SMILES string of the molecule is c1ccc2c(c1)CCCC2Sc1ncc2ccccn12. The van der Waals surface area contributed by atoms with Crippen molar-refractivity contribution in [3.05, 3.63) is 66.0 Å². The third-order valence-corrected chi connectivity index (χ3v) is 5.25. The lowest BCUT2D eigenvalue weighted by Gasteiger charge is -2.24. The molecule has 0 N–H and O–H groups in total. The third kappa shape index (κ3) is 2.02. The van der Waals surface area contributed by atoms with Gasteiger partial charge in [-0.2, -0.15) is 0 Å². The summed E-state index contributed by atoms with van der Waals surface area (Å²) in [5.41, 5.74) is 4.17. The van der Waals surface area contributed by atoms with Gasteiger partial charge in [0.2, 0.25) is 0 Å². The van der Waals surface area contributed by atoms with Gasteiger partial charge >= 0.3 is 0 Å². The number of thioether (sulfide) groups is 1. The van der Waals surface area contributed by atoms with Crippen molar-refractivity contribution in [3.63, 3.8) is 0 Å². The number of imidazole rings is 1. The van der Waals surface area contributed by atoms with Gasteiger partial charge in [0.05, 0.1) is 11.7 Å². The Balaban J connectivity index is 1.70. The van der Waals surface area contributed by atoms with E-state index in [2.05, 4.69) is 58.0 Å². The van der Waals surface area contributed by atoms with Crippen molar-refractivity contribution in [1.82, 2.24) is 9.38 Å². The van der Waals surface area contributed by atoms with E-state index in [0.717, 1.165) is 5.16 Å². The molecule has 20 heavy (non-hydrogen) atoms. The number of nitrogens with zero attached hydrogens (tertiary/aromatic N) is 2. The van der Waals surface area contributed by atoms with Gasteiger partial charge in [-0.25, -0.2) is 4.98 Å². The standard InChI is InChI=1S/C17H16N2S/c1-2-9-15-13(6-1)7-5-10-16(15)20-17-18-12-14-8-3-4-11-19(14)17/h1-4,6,8-9,11-12,16H,5,7,10H2. The Morgan fingerprint density at radius 3 is 3.00 bits per heavy atom. The molecule has 0 fully saturated rings. The van der Waals surface area contributed by atoms with E-state index in [9.17, 15) is 0 Å². The van der Waals surface area contributed by atoms with Gasteiger partial charge in [0.25, 0.3) is 0 Å². The maximum absolute atomic E-state index is 4.59. The second kappa shape index (κ2) is 4.98. The van der Waals surface area contributed by atoms with Crippen LogP contribution in [0.2, 0.25) is 0 Å². The van der Waals surface area contributed by atoms with E-state index in [1.807, 2.05) is 18.0 Å². The van der Waals surface area contributed by atoms with Crippen LogP contribution in [0.15, 0.2) is 60.0 Å². The Kier molecular flexibility index (Phi) is 3.00. The number of hydrogen-bond acceptors (Lipinski definition) is 2. The zero-order valence-corrected chi connectivity index (χ0v) is 12.0. The normalized spacial score (nSPS) is 18.1. The third-order valence-electron chi connectivity index (χ3n) is 3.97. The fourth-order valence-electron chi connectivity index (χ4n) is 2.97. The Hall–Kier alpha value is -1.74. The van der Waals surface area contributed by atoms with Crippen molar-refractivity contribution < 1.29 is 0 Å². The molecule has 0 aliphatic heterocycles. The maximum Gasteiger partial charge on any atom is 0.173 e. The molecule has 0 saturated carbocycles. The molecule has 1 atom stereocenters. The first-order valence-electron chi connectivity index (χ1n) is 7.08. The minimum atomic E-state index is 0.533. The van der Waals surface area contributed by atoms with E-state index in [4.69, 9.17) is 0 Å². The molecule has 4 rings (SSSR count).